The maximum absolute atomic E-state index is 11.6. The summed E-state index contributed by atoms with van der Waals surface area (Å²) < 4.78 is 5.42. The molecule has 0 aliphatic carbocycles. The second kappa shape index (κ2) is 10.8. The van der Waals surface area contributed by atoms with Crippen LogP contribution in [0.25, 0.3) is 0 Å². The van der Waals surface area contributed by atoms with Gasteiger partial charge in [-0.15, -0.1) is 0 Å². The first kappa shape index (κ1) is 21.9. The minimum Gasteiger partial charge on any atom is -0.378 e. The van der Waals surface area contributed by atoms with Gasteiger partial charge in [0, 0.05) is 41.2 Å². The zero-order chi connectivity index (χ0) is 22.2. The first-order valence-corrected chi connectivity index (χ1v) is 11.3. The van der Waals surface area contributed by atoms with Crippen molar-refractivity contribution in [3.63, 3.8) is 0 Å². The molecule has 0 saturated carbocycles. The number of aromatic nitrogens is 2. The van der Waals surface area contributed by atoms with Crippen molar-refractivity contribution in [3.8, 4) is 0 Å². The predicted molar refractivity (Wildman–Crippen MR) is 129 cm³/mol. The quantitative estimate of drug-likeness (QED) is 0.401. The molecule has 1 saturated heterocycles. The number of hydrogen-bond acceptors (Lipinski definition) is 7. The lowest BCUT2D eigenvalue weighted by Gasteiger charge is -2.28. The Morgan fingerprint density at radius 2 is 1.75 bits per heavy atom. The topological polar surface area (TPSA) is 79.4 Å². The van der Waals surface area contributed by atoms with E-state index in [-0.39, 0.29) is 5.91 Å². The molecule has 2 N–H and O–H groups in total. The Balaban J connectivity index is 1.36. The molecule has 8 heteroatoms. The van der Waals surface area contributed by atoms with Crippen LogP contribution in [0.3, 0.4) is 0 Å². The Morgan fingerprint density at radius 3 is 2.47 bits per heavy atom. The molecule has 4 rings (SSSR count). The molecule has 0 atom stereocenters. The summed E-state index contributed by atoms with van der Waals surface area (Å²) in [5.41, 5.74) is 2.88. The Bertz CT molecular complexity index is 1060. The molecule has 3 aromatic rings. The third-order valence-electron chi connectivity index (χ3n) is 4.79. The molecule has 164 valence electrons. The lowest BCUT2D eigenvalue weighted by Crippen LogP contribution is -2.36. The molecule has 1 aromatic heterocycles. The number of carbonyl (C=O) groups is 1. The first-order valence-electron chi connectivity index (χ1n) is 10.4. The van der Waals surface area contributed by atoms with E-state index >= 15 is 0 Å². The van der Waals surface area contributed by atoms with E-state index < -0.39 is 0 Å². The molecule has 0 radical (unpaired) electrons. The van der Waals surface area contributed by atoms with Gasteiger partial charge in [0.1, 0.15) is 5.03 Å². The van der Waals surface area contributed by atoms with Gasteiger partial charge in [-0.1, -0.05) is 17.8 Å². The van der Waals surface area contributed by atoms with E-state index in [1.54, 1.807) is 12.3 Å². The Kier molecular flexibility index (Phi) is 7.37. The largest absolute Gasteiger partial charge is 0.378 e. The third kappa shape index (κ3) is 6.09. The minimum absolute atomic E-state index is 0.141. The molecule has 0 spiro atoms. The van der Waals surface area contributed by atoms with Gasteiger partial charge >= 0.3 is 0 Å². The number of allylic oxidation sites excluding steroid dienone is 1. The number of nitrogens with one attached hydrogen (secondary N) is 2. The molecule has 1 aliphatic rings. The Morgan fingerprint density at radius 1 is 1.03 bits per heavy atom. The Labute approximate surface area is 191 Å². The number of benzene rings is 2. The molecule has 2 heterocycles. The fraction of sp³-hybridized carbons (Fsp3) is 0.208. The second-order valence-corrected chi connectivity index (χ2v) is 8.20. The van der Waals surface area contributed by atoms with Gasteiger partial charge in [0.25, 0.3) is 0 Å². The molecule has 32 heavy (non-hydrogen) atoms. The van der Waals surface area contributed by atoms with Crippen molar-refractivity contribution >= 4 is 40.7 Å². The number of carbonyl (C=O) groups excluding carboxylic acids is 1. The van der Waals surface area contributed by atoms with Crippen LogP contribution in [0.1, 0.15) is 6.92 Å². The summed E-state index contributed by atoms with van der Waals surface area (Å²) in [5, 5.41) is 6.92. The van der Waals surface area contributed by atoms with Crippen molar-refractivity contribution in [1.82, 2.24) is 9.97 Å². The smallest absolute Gasteiger partial charge is 0.248 e. The lowest BCUT2D eigenvalue weighted by molar-refractivity contribution is -0.111. The lowest BCUT2D eigenvalue weighted by atomic mass is 10.2. The molecular formula is C24H25N5O2S. The van der Waals surface area contributed by atoms with E-state index in [1.165, 1.54) is 23.5 Å². The number of ether oxygens (including phenoxy) is 1. The number of morpholine rings is 1. The molecule has 7 nitrogen and oxygen atoms in total. The van der Waals surface area contributed by atoms with Crippen LogP contribution in [0.5, 0.6) is 0 Å². The van der Waals surface area contributed by atoms with Gasteiger partial charge in [-0.25, -0.2) is 9.97 Å². The minimum atomic E-state index is -0.141. The maximum Gasteiger partial charge on any atom is 0.248 e. The highest BCUT2D eigenvalue weighted by atomic mass is 32.2. The van der Waals surface area contributed by atoms with Gasteiger partial charge in [-0.05, 0) is 67.6 Å². The highest BCUT2D eigenvalue weighted by molar-refractivity contribution is 7.99. The standard InChI is InChI=1S/C24H25N5O2S/c1-2-3-22(30)26-18-6-10-21(11-7-18)32-23-12-13-25-24(28-23)27-19-4-8-20(9-5-19)29-14-16-31-17-15-29/h2-13H,14-17H2,1H3,(H,26,30)(H,25,27,28). The average Bonchev–Trinajstić information content (AvgIpc) is 2.82. The van der Waals surface area contributed by atoms with Crippen LogP contribution in [0.15, 0.2) is 82.9 Å². The first-order chi connectivity index (χ1) is 15.7. The van der Waals surface area contributed by atoms with Crippen molar-refractivity contribution in [2.45, 2.75) is 16.8 Å². The molecule has 0 bridgehead atoms. The molecule has 0 unspecified atom stereocenters. The number of hydrogen-bond donors (Lipinski definition) is 2. The fourth-order valence-electron chi connectivity index (χ4n) is 3.23. The van der Waals surface area contributed by atoms with Crippen LogP contribution < -0.4 is 15.5 Å². The summed E-state index contributed by atoms with van der Waals surface area (Å²) in [6, 6.07) is 17.8. The van der Waals surface area contributed by atoms with Gasteiger partial charge in [-0.3, -0.25) is 4.79 Å². The van der Waals surface area contributed by atoms with E-state index in [4.69, 9.17) is 4.74 Å². The van der Waals surface area contributed by atoms with E-state index in [9.17, 15) is 4.79 Å². The van der Waals surface area contributed by atoms with Crippen LogP contribution in [0.4, 0.5) is 23.0 Å². The number of nitrogens with zero attached hydrogens (tertiary/aromatic N) is 3. The van der Waals surface area contributed by atoms with E-state index in [0.717, 1.165) is 47.6 Å². The maximum atomic E-state index is 11.6. The number of rotatable bonds is 7. The number of anilines is 4. The summed E-state index contributed by atoms with van der Waals surface area (Å²) in [6.07, 6.45) is 4.94. The molecular weight excluding hydrogens is 422 g/mol. The van der Waals surface area contributed by atoms with Crippen molar-refractivity contribution < 1.29 is 9.53 Å². The van der Waals surface area contributed by atoms with Crippen LogP contribution in [0, 0.1) is 0 Å². The van der Waals surface area contributed by atoms with Gasteiger partial charge < -0.3 is 20.3 Å². The van der Waals surface area contributed by atoms with Crippen molar-refractivity contribution in [3.05, 3.63) is 72.9 Å². The van der Waals surface area contributed by atoms with E-state index in [2.05, 4.69) is 37.6 Å². The SMILES string of the molecule is CC=CC(=O)Nc1ccc(Sc2ccnc(Nc3ccc(N4CCOCC4)cc3)n2)cc1. The van der Waals surface area contributed by atoms with Gasteiger partial charge in [0.05, 0.1) is 13.2 Å². The molecule has 1 amide bonds. The predicted octanol–water partition coefficient (Wildman–Crippen LogP) is 4.72. The van der Waals surface area contributed by atoms with Crippen molar-refractivity contribution in [2.24, 2.45) is 0 Å². The highest BCUT2D eigenvalue weighted by Crippen LogP contribution is 2.28. The van der Waals surface area contributed by atoms with Crippen LogP contribution in [-0.4, -0.2) is 42.2 Å². The zero-order valence-corrected chi connectivity index (χ0v) is 18.6. The van der Waals surface area contributed by atoms with Gasteiger partial charge in [0.2, 0.25) is 11.9 Å². The summed E-state index contributed by atoms with van der Waals surface area (Å²) in [5.74, 6) is 0.404. The summed E-state index contributed by atoms with van der Waals surface area (Å²) in [4.78, 5) is 23.9. The molecule has 2 aromatic carbocycles. The summed E-state index contributed by atoms with van der Waals surface area (Å²) >= 11 is 1.54. The van der Waals surface area contributed by atoms with E-state index in [0.29, 0.717) is 5.95 Å². The molecule has 1 fully saturated rings. The highest BCUT2D eigenvalue weighted by Gasteiger charge is 2.11. The van der Waals surface area contributed by atoms with Crippen molar-refractivity contribution in [2.75, 3.05) is 41.8 Å². The van der Waals surface area contributed by atoms with E-state index in [1.807, 2.05) is 49.4 Å². The monoisotopic (exact) mass is 447 g/mol. The summed E-state index contributed by atoms with van der Waals surface area (Å²) in [6.45, 7) is 5.18. The van der Waals surface area contributed by atoms with Gasteiger partial charge in [0.15, 0.2) is 0 Å². The van der Waals surface area contributed by atoms with Crippen LogP contribution in [0.2, 0.25) is 0 Å². The Hall–Kier alpha value is -3.36. The van der Waals surface area contributed by atoms with Crippen molar-refractivity contribution in [1.29, 1.82) is 0 Å². The fourth-order valence-corrected chi connectivity index (χ4v) is 4.00. The third-order valence-corrected chi connectivity index (χ3v) is 5.74. The second-order valence-electron chi connectivity index (χ2n) is 7.11. The van der Waals surface area contributed by atoms with Gasteiger partial charge in [-0.2, -0.15) is 0 Å². The summed E-state index contributed by atoms with van der Waals surface area (Å²) in [7, 11) is 0. The number of amides is 1. The normalized spacial score (nSPS) is 13.8. The zero-order valence-electron chi connectivity index (χ0n) is 17.8. The van der Waals surface area contributed by atoms with Crippen LogP contribution >= 0.6 is 11.8 Å². The van der Waals surface area contributed by atoms with Crippen LogP contribution in [-0.2, 0) is 9.53 Å². The molecule has 1 aliphatic heterocycles. The average molecular weight is 448 g/mol.